The van der Waals surface area contributed by atoms with Crippen molar-refractivity contribution < 1.29 is 26.8 Å². The second-order valence-electron chi connectivity index (χ2n) is 9.23. The fourth-order valence-corrected chi connectivity index (χ4v) is 6.19. The van der Waals surface area contributed by atoms with Crippen molar-refractivity contribution in [1.82, 2.24) is 9.29 Å². The van der Waals surface area contributed by atoms with E-state index in [1.165, 1.54) is 28.6 Å². The van der Waals surface area contributed by atoms with Gasteiger partial charge in [0.2, 0.25) is 5.09 Å². The molecule has 0 amide bonds. The Hall–Kier alpha value is -3.56. The largest absolute Gasteiger partial charge is 0.489 e. The SMILES string of the molecule is Cc1ccc(COc2cccc(CCC(=O)[C@@H]3CCCN3S(=O)(=O)c3cc4cc(F)ccc4o3)c2)cn1. The highest BCUT2D eigenvalue weighted by Gasteiger charge is 2.40. The second kappa shape index (κ2) is 10.4. The van der Waals surface area contributed by atoms with Crippen LogP contribution in [-0.4, -0.2) is 36.1 Å². The van der Waals surface area contributed by atoms with E-state index in [9.17, 15) is 17.6 Å². The van der Waals surface area contributed by atoms with E-state index in [2.05, 4.69) is 4.98 Å². The van der Waals surface area contributed by atoms with Gasteiger partial charge in [-0.05, 0) is 68.1 Å². The number of hydrogen-bond acceptors (Lipinski definition) is 6. The van der Waals surface area contributed by atoms with Gasteiger partial charge < -0.3 is 9.15 Å². The summed E-state index contributed by atoms with van der Waals surface area (Å²) in [5.41, 5.74) is 3.11. The molecule has 9 heteroatoms. The number of furan rings is 1. The van der Waals surface area contributed by atoms with E-state index in [1.807, 2.05) is 43.3 Å². The number of aromatic nitrogens is 1. The zero-order valence-electron chi connectivity index (χ0n) is 20.4. The molecule has 1 aliphatic rings. The van der Waals surface area contributed by atoms with Gasteiger partial charge in [-0.25, -0.2) is 12.8 Å². The highest BCUT2D eigenvalue weighted by Crippen LogP contribution is 2.31. The van der Waals surface area contributed by atoms with Crippen molar-refractivity contribution in [3.8, 4) is 5.75 Å². The summed E-state index contributed by atoms with van der Waals surface area (Å²) in [7, 11) is -4.04. The molecule has 0 bridgehead atoms. The van der Waals surface area contributed by atoms with Crippen molar-refractivity contribution in [2.75, 3.05) is 6.54 Å². The van der Waals surface area contributed by atoms with Gasteiger partial charge in [-0.3, -0.25) is 9.78 Å². The number of aryl methyl sites for hydroxylation is 2. The van der Waals surface area contributed by atoms with Crippen molar-refractivity contribution in [1.29, 1.82) is 0 Å². The third-order valence-corrected chi connectivity index (χ3v) is 8.29. The van der Waals surface area contributed by atoms with E-state index in [-0.39, 0.29) is 29.4 Å². The normalized spacial score (nSPS) is 16.3. The van der Waals surface area contributed by atoms with E-state index in [0.29, 0.717) is 37.0 Å². The summed E-state index contributed by atoms with van der Waals surface area (Å²) >= 11 is 0. The first-order valence-electron chi connectivity index (χ1n) is 12.2. The highest BCUT2D eigenvalue weighted by molar-refractivity contribution is 7.89. The maximum Gasteiger partial charge on any atom is 0.277 e. The summed E-state index contributed by atoms with van der Waals surface area (Å²) in [4.78, 5) is 17.4. The molecule has 0 aliphatic carbocycles. The van der Waals surface area contributed by atoms with Crippen LogP contribution in [0.2, 0.25) is 0 Å². The average Bonchev–Trinajstić information content (AvgIpc) is 3.55. The van der Waals surface area contributed by atoms with Crippen LogP contribution in [0.25, 0.3) is 11.0 Å². The first kappa shape index (κ1) is 25.1. The molecule has 0 N–H and O–H groups in total. The number of hydrogen-bond donors (Lipinski definition) is 0. The number of ketones is 1. The fraction of sp³-hybridized carbons (Fsp3) is 0.286. The lowest BCUT2D eigenvalue weighted by molar-refractivity contribution is -0.122. The highest BCUT2D eigenvalue weighted by atomic mass is 32.2. The smallest absolute Gasteiger partial charge is 0.277 e. The molecule has 0 spiro atoms. The van der Waals surface area contributed by atoms with Gasteiger partial charge in [0, 0.05) is 41.9 Å². The Labute approximate surface area is 214 Å². The van der Waals surface area contributed by atoms with Crippen molar-refractivity contribution in [3.05, 3.63) is 89.5 Å². The zero-order chi connectivity index (χ0) is 26.0. The summed E-state index contributed by atoms with van der Waals surface area (Å²) < 4.78 is 52.7. The summed E-state index contributed by atoms with van der Waals surface area (Å²) in [5, 5.41) is 0.0859. The molecular formula is C28H27FN2O5S. The topological polar surface area (TPSA) is 89.7 Å². The lowest BCUT2D eigenvalue weighted by Crippen LogP contribution is -2.40. The van der Waals surface area contributed by atoms with Crippen LogP contribution in [0, 0.1) is 12.7 Å². The third-order valence-electron chi connectivity index (χ3n) is 6.53. The minimum atomic E-state index is -4.04. The van der Waals surface area contributed by atoms with E-state index in [1.54, 1.807) is 6.20 Å². The van der Waals surface area contributed by atoms with Crippen LogP contribution in [-0.2, 0) is 27.8 Å². The van der Waals surface area contributed by atoms with Gasteiger partial charge in [0.1, 0.15) is 23.8 Å². The van der Waals surface area contributed by atoms with Crippen LogP contribution < -0.4 is 4.74 Å². The minimum Gasteiger partial charge on any atom is -0.489 e. The first-order chi connectivity index (χ1) is 17.8. The number of fused-ring (bicyclic) bond motifs is 1. The van der Waals surface area contributed by atoms with Crippen LogP contribution in [0.4, 0.5) is 4.39 Å². The summed E-state index contributed by atoms with van der Waals surface area (Å²) in [6.45, 7) is 2.55. The van der Waals surface area contributed by atoms with Gasteiger partial charge in [-0.15, -0.1) is 0 Å². The van der Waals surface area contributed by atoms with Crippen molar-refractivity contribution >= 4 is 26.8 Å². The number of nitrogens with zero attached hydrogens (tertiary/aromatic N) is 2. The van der Waals surface area contributed by atoms with Gasteiger partial charge >= 0.3 is 0 Å². The summed E-state index contributed by atoms with van der Waals surface area (Å²) in [6.07, 6.45) is 3.50. The van der Waals surface area contributed by atoms with E-state index in [4.69, 9.17) is 9.15 Å². The van der Waals surface area contributed by atoms with Crippen LogP contribution in [0.5, 0.6) is 5.75 Å². The zero-order valence-corrected chi connectivity index (χ0v) is 21.2. The number of Topliss-reactive ketones (excluding diaryl/α,β-unsaturated/α-hetero) is 1. The average molecular weight is 523 g/mol. The predicted molar refractivity (Wildman–Crippen MR) is 136 cm³/mol. The molecule has 37 heavy (non-hydrogen) atoms. The van der Waals surface area contributed by atoms with E-state index in [0.717, 1.165) is 16.8 Å². The summed E-state index contributed by atoms with van der Waals surface area (Å²) in [5.74, 6) is 0.0744. The van der Waals surface area contributed by atoms with Crippen molar-refractivity contribution in [3.63, 3.8) is 0 Å². The molecule has 192 valence electrons. The molecule has 3 heterocycles. The molecule has 1 fully saturated rings. The van der Waals surface area contributed by atoms with Gasteiger partial charge in [-0.2, -0.15) is 4.31 Å². The number of pyridine rings is 1. The lowest BCUT2D eigenvalue weighted by Gasteiger charge is -2.21. The molecule has 0 saturated carbocycles. The van der Waals surface area contributed by atoms with Crippen LogP contribution in [0.1, 0.15) is 36.1 Å². The number of carbonyl (C=O) groups is 1. The molecule has 7 nitrogen and oxygen atoms in total. The Morgan fingerprint density at radius 1 is 1.14 bits per heavy atom. The maximum absolute atomic E-state index is 13.5. The molecule has 2 aromatic carbocycles. The molecular weight excluding hydrogens is 495 g/mol. The predicted octanol–water partition coefficient (Wildman–Crippen LogP) is 5.21. The molecule has 1 atom stereocenters. The Balaban J connectivity index is 1.23. The van der Waals surface area contributed by atoms with Crippen molar-refractivity contribution in [2.45, 2.75) is 50.3 Å². The molecule has 5 rings (SSSR count). The fourth-order valence-electron chi connectivity index (χ4n) is 4.56. The second-order valence-corrected chi connectivity index (χ2v) is 11.1. The standard InChI is InChI=1S/C28H27FN2O5S/c1-19-7-8-21(17-30-19)18-35-24-5-2-4-20(14-24)9-11-26(32)25-6-3-13-31(25)37(33,34)28-16-22-15-23(29)10-12-27(22)36-28/h2,4-5,7-8,10,12,14-17,25H,3,6,9,11,13,18H2,1H3/t25-/m0/s1. The Bertz CT molecular complexity index is 1530. The first-order valence-corrected chi connectivity index (χ1v) is 13.6. The molecule has 1 saturated heterocycles. The Kier molecular flexibility index (Phi) is 7.08. The third kappa shape index (κ3) is 5.57. The summed E-state index contributed by atoms with van der Waals surface area (Å²) in [6, 6.07) is 15.8. The monoisotopic (exact) mass is 522 g/mol. The molecule has 0 radical (unpaired) electrons. The van der Waals surface area contributed by atoms with Gasteiger partial charge in [0.15, 0.2) is 5.78 Å². The lowest BCUT2D eigenvalue weighted by atomic mass is 10.0. The number of carbonyl (C=O) groups excluding carboxylic acids is 1. The molecule has 2 aromatic heterocycles. The van der Waals surface area contributed by atoms with Crippen molar-refractivity contribution in [2.24, 2.45) is 0 Å². The van der Waals surface area contributed by atoms with Gasteiger partial charge in [0.25, 0.3) is 10.0 Å². The van der Waals surface area contributed by atoms with Gasteiger partial charge in [0.05, 0.1) is 6.04 Å². The number of sulfonamides is 1. The Morgan fingerprint density at radius 2 is 2.00 bits per heavy atom. The molecule has 0 unspecified atom stereocenters. The molecule has 1 aliphatic heterocycles. The maximum atomic E-state index is 13.5. The quantitative estimate of drug-likeness (QED) is 0.300. The number of benzene rings is 2. The number of rotatable bonds is 9. The van der Waals surface area contributed by atoms with Crippen LogP contribution >= 0.6 is 0 Å². The molecule has 4 aromatic rings. The minimum absolute atomic E-state index is 0.139. The van der Waals surface area contributed by atoms with Gasteiger partial charge in [-0.1, -0.05) is 18.2 Å². The van der Waals surface area contributed by atoms with Crippen LogP contribution in [0.3, 0.4) is 0 Å². The number of halogens is 1. The Morgan fingerprint density at radius 3 is 2.81 bits per heavy atom. The number of ether oxygens (including phenoxy) is 1. The van der Waals surface area contributed by atoms with E-state index < -0.39 is 21.9 Å². The van der Waals surface area contributed by atoms with E-state index >= 15 is 0 Å². The van der Waals surface area contributed by atoms with Crippen LogP contribution in [0.15, 0.2) is 76.4 Å².